The van der Waals surface area contributed by atoms with Crippen LogP contribution in [0.25, 0.3) is 75.8 Å². The average Bonchev–Trinajstić information content (AvgIpc) is 3.83. The molecule has 11 aromatic rings. The van der Waals surface area contributed by atoms with Gasteiger partial charge in [-0.1, -0.05) is 188 Å². The summed E-state index contributed by atoms with van der Waals surface area (Å²) in [5, 5.41) is 2.63. The zero-order valence-electron chi connectivity index (χ0n) is 34.4. The third-order valence-corrected chi connectivity index (χ3v) is 14.6. The molecule has 1 nitrogen and oxygen atoms in total. The zero-order valence-corrected chi connectivity index (χ0v) is 35.2. The number of fused-ring (bicyclic) bond motifs is 15. The summed E-state index contributed by atoms with van der Waals surface area (Å²) in [7, 11) is 0. The maximum absolute atomic E-state index is 2.55. The van der Waals surface area contributed by atoms with Crippen molar-refractivity contribution in [3.8, 4) is 55.6 Å². The van der Waals surface area contributed by atoms with Gasteiger partial charge in [0.15, 0.2) is 0 Å². The molecule has 0 radical (unpaired) electrons. The van der Waals surface area contributed by atoms with Gasteiger partial charge in [0, 0.05) is 37.1 Å². The minimum Gasteiger partial charge on any atom is -0.310 e. The summed E-state index contributed by atoms with van der Waals surface area (Å²) in [4.78, 5) is 2.48. The predicted octanol–water partition coefficient (Wildman–Crippen LogP) is 16.9. The van der Waals surface area contributed by atoms with Gasteiger partial charge in [-0.15, -0.1) is 11.3 Å². The molecule has 10 aromatic carbocycles. The molecular weight excluding hydrogens is 779 g/mol. The van der Waals surface area contributed by atoms with Crippen molar-refractivity contribution in [3.63, 3.8) is 0 Å². The number of para-hydroxylation sites is 1. The molecule has 1 aromatic heterocycles. The third-order valence-electron chi connectivity index (χ3n) is 13.5. The molecule has 0 amide bonds. The summed E-state index contributed by atoms with van der Waals surface area (Å²) in [5.74, 6) is 0. The van der Waals surface area contributed by atoms with Gasteiger partial charge >= 0.3 is 0 Å². The highest BCUT2D eigenvalue weighted by Gasteiger charge is 2.50. The van der Waals surface area contributed by atoms with E-state index >= 15 is 0 Å². The average molecular weight is 818 g/mol. The van der Waals surface area contributed by atoms with Crippen LogP contribution in [0.2, 0.25) is 0 Å². The van der Waals surface area contributed by atoms with Crippen LogP contribution in [0.15, 0.2) is 237 Å². The van der Waals surface area contributed by atoms with Gasteiger partial charge in [-0.2, -0.15) is 0 Å². The lowest BCUT2D eigenvalue weighted by Crippen LogP contribution is -2.29. The molecule has 13 rings (SSSR count). The number of hydrogen-bond acceptors (Lipinski definition) is 2. The van der Waals surface area contributed by atoms with Crippen molar-refractivity contribution in [2.75, 3.05) is 4.90 Å². The maximum Gasteiger partial charge on any atom is 0.0726 e. The molecule has 1 atom stereocenters. The highest BCUT2D eigenvalue weighted by molar-refractivity contribution is 7.25. The Hall–Kier alpha value is -7.78. The van der Waals surface area contributed by atoms with Crippen molar-refractivity contribution < 1.29 is 0 Å². The summed E-state index contributed by atoms with van der Waals surface area (Å²) >= 11 is 1.90. The molecule has 0 saturated carbocycles. The first kappa shape index (κ1) is 35.9. The van der Waals surface area contributed by atoms with Crippen molar-refractivity contribution in [3.05, 3.63) is 259 Å². The fraction of sp³-hybridized carbons (Fsp3) is 0.0164. The molecule has 0 aliphatic heterocycles. The zero-order chi connectivity index (χ0) is 41.5. The molecular formula is C61H39NS. The Balaban J connectivity index is 1.15. The van der Waals surface area contributed by atoms with Gasteiger partial charge in [0.2, 0.25) is 0 Å². The Morgan fingerprint density at radius 1 is 0.286 bits per heavy atom. The first-order chi connectivity index (χ1) is 31.3. The molecule has 0 N–H and O–H groups in total. The Labute approximate surface area is 371 Å². The fourth-order valence-corrected chi connectivity index (χ4v) is 12.0. The summed E-state index contributed by atoms with van der Waals surface area (Å²) in [6.45, 7) is 0. The van der Waals surface area contributed by atoms with E-state index in [9.17, 15) is 0 Å². The molecule has 2 aliphatic rings. The first-order valence-electron chi connectivity index (χ1n) is 21.8. The van der Waals surface area contributed by atoms with E-state index in [1.807, 2.05) is 11.3 Å². The van der Waals surface area contributed by atoms with Gasteiger partial charge in [0.1, 0.15) is 0 Å². The van der Waals surface area contributed by atoms with E-state index in [1.165, 1.54) is 98.1 Å². The summed E-state index contributed by atoms with van der Waals surface area (Å²) in [6, 6.07) is 88.1. The Kier molecular flexibility index (Phi) is 8.06. The molecule has 1 heterocycles. The summed E-state index contributed by atoms with van der Waals surface area (Å²) in [6.07, 6.45) is 0. The lowest BCUT2D eigenvalue weighted by atomic mass is 9.65. The second-order valence-electron chi connectivity index (χ2n) is 16.7. The van der Waals surface area contributed by atoms with Crippen LogP contribution in [-0.4, -0.2) is 0 Å². The van der Waals surface area contributed by atoms with Gasteiger partial charge in [0.25, 0.3) is 0 Å². The molecule has 0 saturated heterocycles. The van der Waals surface area contributed by atoms with E-state index in [0.29, 0.717) is 0 Å². The van der Waals surface area contributed by atoms with Gasteiger partial charge in [0.05, 0.1) is 11.1 Å². The minimum atomic E-state index is -0.633. The Morgan fingerprint density at radius 3 is 1.51 bits per heavy atom. The molecule has 1 spiro atoms. The van der Waals surface area contributed by atoms with Crippen LogP contribution in [0.4, 0.5) is 17.1 Å². The summed E-state index contributed by atoms with van der Waals surface area (Å²) < 4.78 is 2.64. The van der Waals surface area contributed by atoms with Crippen molar-refractivity contribution in [2.45, 2.75) is 5.41 Å². The van der Waals surface area contributed by atoms with Gasteiger partial charge < -0.3 is 4.90 Å². The van der Waals surface area contributed by atoms with Crippen LogP contribution in [0.1, 0.15) is 22.3 Å². The maximum atomic E-state index is 2.55. The molecule has 63 heavy (non-hydrogen) atoms. The first-order valence-corrected chi connectivity index (χ1v) is 22.6. The van der Waals surface area contributed by atoms with Crippen LogP contribution < -0.4 is 4.90 Å². The molecule has 294 valence electrons. The fourth-order valence-electron chi connectivity index (χ4n) is 10.8. The van der Waals surface area contributed by atoms with Crippen molar-refractivity contribution in [1.82, 2.24) is 0 Å². The number of anilines is 3. The number of hydrogen-bond donors (Lipinski definition) is 0. The van der Waals surface area contributed by atoms with Crippen molar-refractivity contribution in [1.29, 1.82) is 0 Å². The van der Waals surface area contributed by atoms with Crippen LogP contribution in [0, 0.1) is 0 Å². The minimum absolute atomic E-state index is 0.633. The second-order valence-corrected chi connectivity index (χ2v) is 17.8. The smallest absolute Gasteiger partial charge is 0.0726 e. The van der Waals surface area contributed by atoms with Crippen LogP contribution >= 0.6 is 11.3 Å². The van der Waals surface area contributed by atoms with E-state index < -0.39 is 5.41 Å². The predicted molar refractivity (Wildman–Crippen MR) is 267 cm³/mol. The van der Waals surface area contributed by atoms with E-state index in [2.05, 4.69) is 241 Å². The highest BCUT2D eigenvalue weighted by Crippen LogP contribution is 2.63. The van der Waals surface area contributed by atoms with Crippen LogP contribution in [-0.2, 0) is 5.41 Å². The monoisotopic (exact) mass is 817 g/mol. The van der Waals surface area contributed by atoms with E-state index in [-0.39, 0.29) is 0 Å². The molecule has 0 bridgehead atoms. The largest absolute Gasteiger partial charge is 0.310 e. The quantitative estimate of drug-likeness (QED) is 0.167. The highest BCUT2D eigenvalue weighted by atomic mass is 32.1. The Morgan fingerprint density at radius 2 is 0.794 bits per heavy atom. The number of nitrogens with zero attached hydrogens (tertiary/aromatic N) is 1. The number of thiophene rings is 1. The second kappa shape index (κ2) is 14.1. The van der Waals surface area contributed by atoms with E-state index in [0.717, 1.165) is 17.1 Å². The Bertz CT molecular complexity index is 3570. The normalized spacial score (nSPS) is 14.4. The van der Waals surface area contributed by atoms with Crippen molar-refractivity contribution >= 4 is 48.6 Å². The molecule has 1 unspecified atom stereocenters. The van der Waals surface area contributed by atoms with Crippen LogP contribution in [0.5, 0.6) is 0 Å². The van der Waals surface area contributed by atoms with Gasteiger partial charge in [-0.3, -0.25) is 0 Å². The van der Waals surface area contributed by atoms with Gasteiger partial charge in [-0.05, 0) is 121 Å². The van der Waals surface area contributed by atoms with Crippen molar-refractivity contribution in [2.24, 2.45) is 0 Å². The number of benzene rings is 10. The third kappa shape index (κ3) is 5.35. The topological polar surface area (TPSA) is 3.24 Å². The standard InChI is InChI=1S/C61H39NS/c1-3-17-40(18-4-1)41-31-33-43(34-32-41)62(58-29-15-11-21-45(58)42-19-5-2-6-20-42)44-35-36-50-47-23-8-7-22-46(47)48-24-9-13-27-54(48)61(56(50)37-44)55-28-14-10-25-49(55)52-39-60-53(38-57(52)61)51-26-12-16-30-59(51)63-60/h1-39H. The lowest BCUT2D eigenvalue weighted by molar-refractivity contribution is 0.776. The lowest BCUT2D eigenvalue weighted by Gasteiger charge is -2.37. The molecule has 0 fully saturated rings. The molecule has 2 heteroatoms. The summed E-state index contributed by atoms with van der Waals surface area (Å²) in [5.41, 5.74) is 20.3. The SMILES string of the molecule is c1ccc(-c2ccc(N(c3ccc4c(c3)C3(c5ccccc5-c5ccccc5-4)c4ccccc4-c4cc5sc6ccccc6c5cc43)c3ccccc3-c3ccccc3)cc2)cc1. The van der Waals surface area contributed by atoms with E-state index in [4.69, 9.17) is 0 Å². The van der Waals surface area contributed by atoms with E-state index in [1.54, 1.807) is 0 Å². The molecule has 2 aliphatic carbocycles. The van der Waals surface area contributed by atoms with Crippen LogP contribution in [0.3, 0.4) is 0 Å². The van der Waals surface area contributed by atoms with Gasteiger partial charge in [-0.25, -0.2) is 0 Å². The number of rotatable bonds is 5.